The Bertz CT molecular complexity index is 252. The van der Waals surface area contributed by atoms with Crippen LogP contribution in [0, 0.1) is 17.8 Å². The van der Waals surface area contributed by atoms with E-state index in [-0.39, 0.29) is 17.5 Å². The summed E-state index contributed by atoms with van der Waals surface area (Å²) in [5, 5.41) is 0. The van der Waals surface area contributed by atoms with E-state index in [0.29, 0.717) is 11.8 Å². The zero-order chi connectivity index (χ0) is 13.1. The number of esters is 1. The summed E-state index contributed by atoms with van der Waals surface area (Å²) in [5.41, 5.74) is -0.172. The van der Waals surface area contributed by atoms with Gasteiger partial charge in [-0.2, -0.15) is 0 Å². The van der Waals surface area contributed by atoms with Gasteiger partial charge in [0.05, 0.1) is 5.92 Å². The van der Waals surface area contributed by atoms with Gasteiger partial charge in [-0.15, -0.1) is 0 Å². The zero-order valence-corrected chi connectivity index (χ0v) is 12.1. The number of hydrogen-bond acceptors (Lipinski definition) is 2. The summed E-state index contributed by atoms with van der Waals surface area (Å²) in [6.07, 6.45) is 5.36. The second-order valence-corrected chi connectivity index (χ2v) is 6.03. The van der Waals surface area contributed by atoms with Gasteiger partial charge in [0.2, 0.25) is 0 Å². The zero-order valence-electron chi connectivity index (χ0n) is 12.1. The van der Waals surface area contributed by atoms with Crippen molar-refractivity contribution in [1.82, 2.24) is 0 Å². The molecule has 0 N–H and O–H groups in total. The van der Waals surface area contributed by atoms with Crippen LogP contribution in [0.3, 0.4) is 0 Å². The number of ether oxygens (including phenoxy) is 1. The lowest BCUT2D eigenvalue weighted by Gasteiger charge is -2.38. The molecule has 100 valence electrons. The van der Waals surface area contributed by atoms with Crippen LogP contribution in [0.4, 0.5) is 0 Å². The van der Waals surface area contributed by atoms with Crippen LogP contribution >= 0.6 is 0 Å². The molecule has 2 atom stereocenters. The van der Waals surface area contributed by atoms with E-state index in [1.165, 1.54) is 12.8 Å². The molecule has 0 aromatic rings. The van der Waals surface area contributed by atoms with Crippen LogP contribution < -0.4 is 0 Å². The lowest BCUT2D eigenvalue weighted by Crippen LogP contribution is -2.42. The van der Waals surface area contributed by atoms with Gasteiger partial charge >= 0.3 is 5.97 Å². The maximum Gasteiger partial charge on any atom is 0.309 e. The molecule has 1 aliphatic rings. The van der Waals surface area contributed by atoms with Gasteiger partial charge in [-0.1, -0.05) is 34.6 Å². The Kier molecular flexibility index (Phi) is 5.03. The Balaban J connectivity index is 2.75. The molecule has 0 heterocycles. The molecule has 0 bridgehead atoms. The molecule has 1 saturated carbocycles. The fourth-order valence-corrected chi connectivity index (χ4v) is 2.70. The van der Waals surface area contributed by atoms with E-state index in [9.17, 15) is 4.79 Å². The fourth-order valence-electron chi connectivity index (χ4n) is 2.70. The summed E-state index contributed by atoms with van der Waals surface area (Å²) in [6, 6.07) is 0. The van der Waals surface area contributed by atoms with Crippen LogP contribution in [0.2, 0.25) is 0 Å². The Hall–Kier alpha value is -0.530. The van der Waals surface area contributed by atoms with Crippen LogP contribution in [0.1, 0.15) is 66.7 Å². The molecule has 0 amide bonds. The van der Waals surface area contributed by atoms with Gasteiger partial charge in [0.25, 0.3) is 0 Å². The van der Waals surface area contributed by atoms with Gasteiger partial charge in [-0.05, 0) is 43.9 Å². The third kappa shape index (κ3) is 3.23. The lowest BCUT2D eigenvalue weighted by atomic mass is 9.79. The molecule has 1 fully saturated rings. The minimum absolute atomic E-state index is 0.00176. The normalized spacial score (nSPS) is 22.5. The van der Waals surface area contributed by atoms with Gasteiger partial charge in [0, 0.05) is 0 Å². The number of carbonyl (C=O) groups excluding carboxylic acids is 1. The second kappa shape index (κ2) is 5.88. The number of rotatable bonds is 5. The number of hydrogen-bond donors (Lipinski definition) is 0. The first-order chi connectivity index (χ1) is 7.93. The summed E-state index contributed by atoms with van der Waals surface area (Å²) in [6.45, 7) is 10.7. The Morgan fingerprint density at radius 1 is 1.18 bits per heavy atom. The predicted molar refractivity (Wildman–Crippen MR) is 70.7 cm³/mol. The standard InChI is InChI=1S/C15H28O2/c1-6-12(4)14(16)17-15(9-7-8-10-15)13(5)11(2)3/h11-13H,6-10H2,1-5H3. The highest BCUT2D eigenvalue weighted by atomic mass is 16.6. The van der Waals surface area contributed by atoms with Crippen molar-refractivity contribution in [2.75, 3.05) is 0 Å². The largest absolute Gasteiger partial charge is 0.459 e. The van der Waals surface area contributed by atoms with Crippen molar-refractivity contribution in [2.45, 2.75) is 72.3 Å². The Morgan fingerprint density at radius 3 is 2.12 bits per heavy atom. The Labute approximate surface area is 106 Å². The summed E-state index contributed by atoms with van der Waals surface area (Å²) in [4.78, 5) is 12.0. The van der Waals surface area contributed by atoms with E-state index >= 15 is 0 Å². The average Bonchev–Trinajstić information content (AvgIpc) is 2.76. The molecular weight excluding hydrogens is 212 g/mol. The lowest BCUT2D eigenvalue weighted by molar-refractivity contribution is -0.171. The second-order valence-electron chi connectivity index (χ2n) is 6.03. The monoisotopic (exact) mass is 240 g/mol. The number of carbonyl (C=O) groups is 1. The van der Waals surface area contributed by atoms with E-state index in [0.717, 1.165) is 19.3 Å². The van der Waals surface area contributed by atoms with E-state index in [2.05, 4.69) is 20.8 Å². The van der Waals surface area contributed by atoms with Crippen LogP contribution in [0.5, 0.6) is 0 Å². The first-order valence-corrected chi connectivity index (χ1v) is 7.15. The third-order valence-corrected chi connectivity index (χ3v) is 4.60. The topological polar surface area (TPSA) is 26.3 Å². The minimum atomic E-state index is -0.172. The van der Waals surface area contributed by atoms with Crippen molar-refractivity contribution in [1.29, 1.82) is 0 Å². The predicted octanol–water partition coefficient (Wildman–Crippen LogP) is 4.18. The van der Waals surface area contributed by atoms with Crippen molar-refractivity contribution >= 4 is 5.97 Å². The van der Waals surface area contributed by atoms with Crippen molar-refractivity contribution < 1.29 is 9.53 Å². The summed E-state index contributed by atoms with van der Waals surface area (Å²) < 4.78 is 5.94. The first kappa shape index (κ1) is 14.5. The molecule has 0 aliphatic heterocycles. The van der Waals surface area contributed by atoms with Crippen LogP contribution in [0.25, 0.3) is 0 Å². The fraction of sp³-hybridized carbons (Fsp3) is 0.933. The molecular formula is C15H28O2. The molecule has 0 aromatic carbocycles. The Morgan fingerprint density at radius 2 is 1.71 bits per heavy atom. The van der Waals surface area contributed by atoms with Crippen LogP contribution in [-0.4, -0.2) is 11.6 Å². The van der Waals surface area contributed by atoms with Gasteiger partial charge in [-0.3, -0.25) is 4.79 Å². The summed E-state index contributed by atoms with van der Waals surface area (Å²) in [5.74, 6) is 1.06. The quantitative estimate of drug-likeness (QED) is 0.674. The summed E-state index contributed by atoms with van der Waals surface area (Å²) >= 11 is 0. The van der Waals surface area contributed by atoms with E-state index < -0.39 is 0 Å². The molecule has 2 heteroatoms. The molecule has 1 aliphatic carbocycles. The van der Waals surface area contributed by atoms with Crippen molar-refractivity contribution in [3.63, 3.8) is 0 Å². The molecule has 17 heavy (non-hydrogen) atoms. The van der Waals surface area contributed by atoms with Crippen molar-refractivity contribution in [3.05, 3.63) is 0 Å². The van der Waals surface area contributed by atoms with Gasteiger partial charge in [0.15, 0.2) is 0 Å². The van der Waals surface area contributed by atoms with Crippen molar-refractivity contribution in [2.24, 2.45) is 17.8 Å². The van der Waals surface area contributed by atoms with Gasteiger partial charge in [-0.25, -0.2) is 0 Å². The molecule has 0 radical (unpaired) electrons. The van der Waals surface area contributed by atoms with E-state index in [4.69, 9.17) is 4.74 Å². The van der Waals surface area contributed by atoms with Gasteiger partial charge in [0.1, 0.15) is 5.60 Å². The third-order valence-electron chi connectivity index (χ3n) is 4.60. The van der Waals surface area contributed by atoms with Crippen LogP contribution in [-0.2, 0) is 9.53 Å². The first-order valence-electron chi connectivity index (χ1n) is 7.15. The van der Waals surface area contributed by atoms with E-state index in [1.54, 1.807) is 0 Å². The molecule has 0 spiro atoms. The SMILES string of the molecule is CCC(C)C(=O)OC1(C(C)C(C)C)CCCC1. The maximum atomic E-state index is 12.0. The average molecular weight is 240 g/mol. The maximum absolute atomic E-state index is 12.0. The minimum Gasteiger partial charge on any atom is -0.459 e. The van der Waals surface area contributed by atoms with Gasteiger partial charge < -0.3 is 4.74 Å². The molecule has 2 unspecified atom stereocenters. The highest BCUT2D eigenvalue weighted by Crippen LogP contribution is 2.42. The van der Waals surface area contributed by atoms with Crippen LogP contribution in [0.15, 0.2) is 0 Å². The molecule has 0 aromatic heterocycles. The highest BCUT2D eigenvalue weighted by molar-refractivity contribution is 5.72. The molecule has 0 saturated heterocycles. The van der Waals surface area contributed by atoms with Crippen molar-refractivity contribution in [3.8, 4) is 0 Å². The summed E-state index contributed by atoms with van der Waals surface area (Å²) in [7, 11) is 0. The highest BCUT2D eigenvalue weighted by Gasteiger charge is 2.44. The smallest absolute Gasteiger partial charge is 0.309 e. The van der Waals surface area contributed by atoms with E-state index in [1.807, 2.05) is 13.8 Å². The molecule has 2 nitrogen and oxygen atoms in total. The molecule has 1 rings (SSSR count).